The molecule has 0 amide bonds. The first-order valence-corrected chi connectivity index (χ1v) is 5.43. The minimum Gasteiger partial charge on any atom is -0.490 e. The molecule has 1 aromatic rings. The highest BCUT2D eigenvalue weighted by Crippen LogP contribution is 2.36. The first-order valence-electron chi connectivity index (χ1n) is 5.43. The third kappa shape index (κ3) is 2.42. The Bertz CT molecular complexity index is 496. The van der Waals surface area contributed by atoms with Crippen molar-refractivity contribution in [2.45, 2.75) is 20.8 Å². The van der Waals surface area contributed by atoms with E-state index in [1.54, 1.807) is 26.8 Å². The number of nitro groups is 1. The molecule has 0 saturated carbocycles. The van der Waals surface area contributed by atoms with Crippen molar-refractivity contribution in [3.05, 3.63) is 32.9 Å². The van der Waals surface area contributed by atoms with Crippen LogP contribution < -0.4 is 4.74 Å². The molecule has 0 saturated heterocycles. The molecule has 0 fully saturated rings. The lowest BCUT2D eigenvalue weighted by atomic mass is 10.0. The molecule has 0 unspecified atom stereocenters. The molecule has 98 valence electrons. The minimum atomic E-state index is -0.624. The first-order chi connectivity index (χ1) is 8.43. The SMILES string of the molecule is CCOC(=O)c1cc(C)c(C)c([N+](=O)[O-])c1OC. The molecular formula is C12H15NO5. The van der Waals surface area contributed by atoms with Crippen molar-refractivity contribution in [1.29, 1.82) is 0 Å². The summed E-state index contributed by atoms with van der Waals surface area (Å²) in [5.41, 5.74) is 1.00. The lowest BCUT2D eigenvalue weighted by Gasteiger charge is -2.11. The van der Waals surface area contributed by atoms with E-state index < -0.39 is 10.9 Å². The van der Waals surface area contributed by atoms with E-state index in [0.717, 1.165) is 0 Å². The number of carbonyl (C=O) groups is 1. The molecule has 6 nitrogen and oxygen atoms in total. The number of esters is 1. The molecule has 0 heterocycles. The summed E-state index contributed by atoms with van der Waals surface area (Å²) in [6.45, 7) is 5.18. The van der Waals surface area contributed by atoms with Gasteiger partial charge in [0.1, 0.15) is 5.56 Å². The highest BCUT2D eigenvalue weighted by atomic mass is 16.6. The van der Waals surface area contributed by atoms with Crippen LogP contribution in [0.4, 0.5) is 5.69 Å². The number of hydrogen-bond donors (Lipinski definition) is 0. The van der Waals surface area contributed by atoms with Crippen LogP contribution in [0.15, 0.2) is 6.07 Å². The molecule has 1 aromatic carbocycles. The number of ether oxygens (including phenoxy) is 2. The summed E-state index contributed by atoms with van der Waals surface area (Å²) in [6, 6.07) is 1.54. The van der Waals surface area contributed by atoms with Crippen molar-refractivity contribution in [2.75, 3.05) is 13.7 Å². The lowest BCUT2D eigenvalue weighted by Crippen LogP contribution is -2.10. The fraction of sp³-hybridized carbons (Fsp3) is 0.417. The zero-order valence-corrected chi connectivity index (χ0v) is 10.8. The van der Waals surface area contributed by atoms with Gasteiger partial charge in [0.05, 0.1) is 18.6 Å². The maximum absolute atomic E-state index is 11.7. The van der Waals surface area contributed by atoms with Gasteiger partial charge in [0, 0.05) is 5.56 Å². The molecule has 0 atom stereocenters. The molecule has 0 aliphatic heterocycles. The second-order valence-electron chi connectivity index (χ2n) is 3.73. The van der Waals surface area contributed by atoms with Crippen LogP contribution in [0.5, 0.6) is 5.75 Å². The van der Waals surface area contributed by atoms with Gasteiger partial charge in [-0.05, 0) is 32.4 Å². The van der Waals surface area contributed by atoms with E-state index in [4.69, 9.17) is 9.47 Å². The second kappa shape index (κ2) is 5.48. The Morgan fingerprint density at radius 3 is 2.50 bits per heavy atom. The maximum atomic E-state index is 11.7. The van der Waals surface area contributed by atoms with E-state index in [9.17, 15) is 14.9 Å². The van der Waals surface area contributed by atoms with Gasteiger partial charge in [-0.2, -0.15) is 0 Å². The standard InChI is InChI=1S/C12H15NO5/c1-5-18-12(14)9-6-7(2)8(3)10(13(15)16)11(9)17-4/h6H,5H2,1-4H3. The van der Waals surface area contributed by atoms with Crippen LogP contribution in [0.3, 0.4) is 0 Å². The highest BCUT2D eigenvalue weighted by molar-refractivity contribution is 5.95. The van der Waals surface area contributed by atoms with E-state index in [1.165, 1.54) is 7.11 Å². The molecule has 18 heavy (non-hydrogen) atoms. The van der Waals surface area contributed by atoms with Crippen molar-refractivity contribution in [3.63, 3.8) is 0 Å². The van der Waals surface area contributed by atoms with Crippen molar-refractivity contribution in [2.24, 2.45) is 0 Å². The molecule has 0 radical (unpaired) electrons. The Hall–Kier alpha value is -2.11. The Labute approximate surface area is 105 Å². The van der Waals surface area contributed by atoms with Crippen LogP contribution >= 0.6 is 0 Å². The molecule has 0 aliphatic carbocycles. The van der Waals surface area contributed by atoms with Crippen LogP contribution in [-0.4, -0.2) is 24.6 Å². The summed E-state index contributed by atoms with van der Waals surface area (Å²) in [5.74, 6) is -0.679. The average Bonchev–Trinajstić information content (AvgIpc) is 2.31. The Balaban J connectivity index is 3.53. The number of nitrogens with zero attached hydrogens (tertiary/aromatic N) is 1. The van der Waals surface area contributed by atoms with Gasteiger partial charge < -0.3 is 9.47 Å². The van der Waals surface area contributed by atoms with Gasteiger partial charge in [0.2, 0.25) is 5.75 Å². The van der Waals surface area contributed by atoms with E-state index in [2.05, 4.69) is 0 Å². The van der Waals surface area contributed by atoms with Crippen LogP contribution in [-0.2, 0) is 4.74 Å². The first kappa shape index (κ1) is 14.0. The van der Waals surface area contributed by atoms with Gasteiger partial charge in [-0.25, -0.2) is 4.79 Å². The van der Waals surface area contributed by atoms with Gasteiger partial charge in [-0.1, -0.05) is 0 Å². The summed E-state index contributed by atoms with van der Waals surface area (Å²) in [4.78, 5) is 22.2. The van der Waals surface area contributed by atoms with Crippen LogP contribution in [0.25, 0.3) is 0 Å². The number of benzene rings is 1. The quantitative estimate of drug-likeness (QED) is 0.467. The zero-order valence-electron chi connectivity index (χ0n) is 10.8. The average molecular weight is 253 g/mol. The Kier molecular flexibility index (Phi) is 4.25. The van der Waals surface area contributed by atoms with Crippen LogP contribution in [0, 0.1) is 24.0 Å². The van der Waals surface area contributed by atoms with Crippen molar-refractivity contribution in [1.82, 2.24) is 0 Å². The van der Waals surface area contributed by atoms with Crippen molar-refractivity contribution in [3.8, 4) is 5.75 Å². The number of nitro benzene ring substituents is 1. The molecule has 0 aliphatic rings. The number of carbonyl (C=O) groups excluding carboxylic acids is 1. The summed E-state index contributed by atoms with van der Waals surface area (Å²) in [5, 5.41) is 11.1. The second-order valence-corrected chi connectivity index (χ2v) is 3.73. The summed E-state index contributed by atoms with van der Waals surface area (Å²) in [7, 11) is 1.29. The summed E-state index contributed by atoms with van der Waals surface area (Å²) >= 11 is 0. The number of aryl methyl sites for hydroxylation is 1. The predicted molar refractivity (Wildman–Crippen MR) is 65.1 cm³/mol. The van der Waals surface area contributed by atoms with Gasteiger partial charge in [-0.3, -0.25) is 10.1 Å². The van der Waals surface area contributed by atoms with Gasteiger partial charge in [0.15, 0.2) is 0 Å². The van der Waals surface area contributed by atoms with Crippen molar-refractivity contribution < 1.29 is 19.2 Å². The Morgan fingerprint density at radius 1 is 1.44 bits per heavy atom. The smallest absolute Gasteiger partial charge is 0.342 e. The van der Waals surface area contributed by atoms with E-state index >= 15 is 0 Å². The summed E-state index contributed by atoms with van der Waals surface area (Å²) < 4.78 is 9.86. The highest BCUT2D eigenvalue weighted by Gasteiger charge is 2.27. The predicted octanol–water partition coefficient (Wildman–Crippen LogP) is 2.40. The van der Waals surface area contributed by atoms with Gasteiger partial charge in [-0.15, -0.1) is 0 Å². The van der Waals surface area contributed by atoms with E-state index in [0.29, 0.717) is 11.1 Å². The number of methoxy groups -OCH3 is 1. The Morgan fingerprint density at radius 2 is 2.06 bits per heavy atom. The molecule has 0 N–H and O–H groups in total. The zero-order chi connectivity index (χ0) is 13.9. The third-order valence-electron chi connectivity index (χ3n) is 2.65. The molecule has 0 aromatic heterocycles. The number of hydrogen-bond acceptors (Lipinski definition) is 5. The lowest BCUT2D eigenvalue weighted by molar-refractivity contribution is -0.386. The monoisotopic (exact) mass is 253 g/mol. The topological polar surface area (TPSA) is 78.7 Å². The fourth-order valence-electron chi connectivity index (χ4n) is 1.66. The normalized spacial score (nSPS) is 10.0. The molecule has 6 heteroatoms. The van der Waals surface area contributed by atoms with Crippen LogP contribution in [0.1, 0.15) is 28.4 Å². The summed E-state index contributed by atoms with van der Waals surface area (Å²) in [6.07, 6.45) is 0. The maximum Gasteiger partial charge on any atom is 0.342 e. The minimum absolute atomic E-state index is 0.0541. The van der Waals surface area contributed by atoms with Gasteiger partial charge in [0.25, 0.3) is 0 Å². The fourth-order valence-corrected chi connectivity index (χ4v) is 1.66. The molecule has 0 spiro atoms. The third-order valence-corrected chi connectivity index (χ3v) is 2.65. The molecular weight excluding hydrogens is 238 g/mol. The number of rotatable bonds is 4. The van der Waals surface area contributed by atoms with Gasteiger partial charge >= 0.3 is 11.7 Å². The van der Waals surface area contributed by atoms with E-state index in [1.807, 2.05) is 0 Å². The largest absolute Gasteiger partial charge is 0.490 e. The molecule has 0 bridgehead atoms. The van der Waals surface area contributed by atoms with E-state index in [-0.39, 0.29) is 23.6 Å². The van der Waals surface area contributed by atoms with Crippen molar-refractivity contribution >= 4 is 11.7 Å². The van der Waals surface area contributed by atoms with Crippen LogP contribution in [0.2, 0.25) is 0 Å². The molecule has 1 rings (SSSR count).